The first-order chi connectivity index (χ1) is 8.65. The highest BCUT2D eigenvalue weighted by molar-refractivity contribution is 5.74. The zero-order valence-electron chi connectivity index (χ0n) is 10.6. The summed E-state index contributed by atoms with van der Waals surface area (Å²) in [7, 11) is 2.96. The summed E-state index contributed by atoms with van der Waals surface area (Å²) < 4.78 is 15.2. The molecule has 96 valence electrons. The lowest BCUT2D eigenvalue weighted by molar-refractivity contribution is -0.142. The standard InChI is InChI=1S/C13H15NO4/c1-4-18-12(15)7-10-5-9(8-14)6-11(16-2)13(10)17-3/h5-6H,4,7H2,1-3H3. The molecule has 0 amide bonds. The number of methoxy groups -OCH3 is 2. The van der Waals surface area contributed by atoms with Crippen molar-refractivity contribution in [3.05, 3.63) is 23.3 Å². The van der Waals surface area contributed by atoms with Crippen LogP contribution in [0.25, 0.3) is 0 Å². The second kappa shape index (κ2) is 6.50. The maximum atomic E-state index is 11.5. The number of rotatable bonds is 5. The van der Waals surface area contributed by atoms with Crippen molar-refractivity contribution in [2.45, 2.75) is 13.3 Å². The van der Waals surface area contributed by atoms with Gasteiger partial charge in [-0.1, -0.05) is 0 Å². The van der Waals surface area contributed by atoms with Gasteiger partial charge in [0.1, 0.15) is 0 Å². The van der Waals surface area contributed by atoms with E-state index in [2.05, 4.69) is 0 Å². The number of benzene rings is 1. The van der Waals surface area contributed by atoms with Gasteiger partial charge >= 0.3 is 5.97 Å². The average molecular weight is 249 g/mol. The minimum atomic E-state index is -0.368. The lowest BCUT2D eigenvalue weighted by atomic mass is 10.1. The molecule has 0 aliphatic rings. The Morgan fingerprint density at radius 3 is 2.56 bits per heavy atom. The van der Waals surface area contributed by atoms with Gasteiger partial charge in [-0.15, -0.1) is 0 Å². The Morgan fingerprint density at radius 1 is 1.33 bits per heavy atom. The molecule has 0 unspecified atom stereocenters. The normalized spacial score (nSPS) is 9.44. The largest absolute Gasteiger partial charge is 0.493 e. The molecule has 0 fully saturated rings. The van der Waals surface area contributed by atoms with Gasteiger partial charge in [0.05, 0.1) is 38.9 Å². The molecule has 0 saturated carbocycles. The molecule has 18 heavy (non-hydrogen) atoms. The van der Waals surface area contributed by atoms with Gasteiger partial charge in [-0.25, -0.2) is 0 Å². The highest BCUT2D eigenvalue weighted by Crippen LogP contribution is 2.32. The smallest absolute Gasteiger partial charge is 0.310 e. The second-order valence-electron chi connectivity index (χ2n) is 3.46. The van der Waals surface area contributed by atoms with E-state index in [-0.39, 0.29) is 12.4 Å². The molecule has 0 heterocycles. The predicted octanol–water partition coefficient (Wildman–Crippen LogP) is 1.68. The van der Waals surface area contributed by atoms with E-state index in [1.165, 1.54) is 14.2 Å². The van der Waals surface area contributed by atoms with Gasteiger partial charge in [-0.3, -0.25) is 4.79 Å². The SMILES string of the molecule is CCOC(=O)Cc1cc(C#N)cc(OC)c1OC. The van der Waals surface area contributed by atoms with E-state index in [1.807, 2.05) is 6.07 Å². The zero-order valence-corrected chi connectivity index (χ0v) is 10.6. The Kier molecular flexibility index (Phi) is 5.00. The third-order valence-electron chi connectivity index (χ3n) is 2.33. The molecule has 0 N–H and O–H groups in total. The average Bonchev–Trinajstić information content (AvgIpc) is 2.37. The molecular formula is C13H15NO4. The van der Waals surface area contributed by atoms with Crippen LogP contribution in [0.2, 0.25) is 0 Å². The Bertz CT molecular complexity index is 477. The van der Waals surface area contributed by atoms with Crippen LogP contribution in [0.15, 0.2) is 12.1 Å². The Balaban J connectivity index is 3.15. The molecule has 1 aromatic carbocycles. The van der Waals surface area contributed by atoms with Crippen LogP contribution >= 0.6 is 0 Å². The molecule has 0 spiro atoms. The number of hydrogen-bond acceptors (Lipinski definition) is 5. The van der Waals surface area contributed by atoms with E-state index in [0.29, 0.717) is 29.2 Å². The molecule has 5 nitrogen and oxygen atoms in total. The van der Waals surface area contributed by atoms with Crippen LogP contribution in [0.4, 0.5) is 0 Å². The van der Waals surface area contributed by atoms with E-state index in [1.54, 1.807) is 19.1 Å². The Hall–Kier alpha value is -2.22. The number of esters is 1. The lowest BCUT2D eigenvalue weighted by Gasteiger charge is -2.12. The van der Waals surface area contributed by atoms with E-state index < -0.39 is 0 Å². The quantitative estimate of drug-likeness (QED) is 0.742. The summed E-state index contributed by atoms with van der Waals surface area (Å²) in [4.78, 5) is 11.5. The second-order valence-corrected chi connectivity index (χ2v) is 3.46. The van der Waals surface area contributed by atoms with E-state index in [0.717, 1.165) is 0 Å². The molecule has 0 bridgehead atoms. The highest BCUT2D eigenvalue weighted by Gasteiger charge is 2.15. The summed E-state index contributed by atoms with van der Waals surface area (Å²) in [5.41, 5.74) is 0.985. The summed E-state index contributed by atoms with van der Waals surface area (Å²) in [5, 5.41) is 8.92. The number of ether oxygens (including phenoxy) is 3. The van der Waals surface area contributed by atoms with Gasteiger partial charge in [-0.05, 0) is 13.0 Å². The van der Waals surface area contributed by atoms with Crippen molar-refractivity contribution in [2.75, 3.05) is 20.8 Å². The van der Waals surface area contributed by atoms with Crippen LogP contribution in [0.5, 0.6) is 11.5 Å². The van der Waals surface area contributed by atoms with Crippen LogP contribution in [-0.4, -0.2) is 26.8 Å². The van der Waals surface area contributed by atoms with E-state index in [9.17, 15) is 4.79 Å². The fourth-order valence-corrected chi connectivity index (χ4v) is 1.61. The number of nitrogens with zero attached hydrogens (tertiary/aromatic N) is 1. The van der Waals surface area contributed by atoms with Gasteiger partial charge < -0.3 is 14.2 Å². The first-order valence-corrected chi connectivity index (χ1v) is 5.46. The summed E-state index contributed by atoms with van der Waals surface area (Å²) in [6.45, 7) is 2.05. The summed E-state index contributed by atoms with van der Waals surface area (Å²) in [6, 6.07) is 5.17. The molecule has 1 rings (SSSR count). The van der Waals surface area contributed by atoms with Crippen molar-refractivity contribution in [3.8, 4) is 17.6 Å². The molecule has 0 aliphatic heterocycles. The van der Waals surface area contributed by atoms with Crippen LogP contribution < -0.4 is 9.47 Å². The van der Waals surface area contributed by atoms with Crippen LogP contribution in [0.1, 0.15) is 18.1 Å². The molecule has 0 saturated heterocycles. The summed E-state index contributed by atoms with van der Waals surface area (Å²) >= 11 is 0. The van der Waals surface area contributed by atoms with E-state index in [4.69, 9.17) is 19.5 Å². The van der Waals surface area contributed by atoms with Crippen molar-refractivity contribution >= 4 is 5.97 Å². The number of hydrogen-bond donors (Lipinski definition) is 0. The maximum Gasteiger partial charge on any atom is 0.310 e. The number of carbonyl (C=O) groups is 1. The van der Waals surface area contributed by atoms with Gasteiger partial charge in [0.2, 0.25) is 0 Å². The lowest BCUT2D eigenvalue weighted by Crippen LogP contribution is -2.09. The van der Waals surface area contributed by atoms with Crippen molar-refractivity contribution < 1.29 is 19.0 Å². The van der Waals surface area contributed by atoms with Crippen molar-refractivity contribution in [2.24, 2.45) is 0 Å². The minimum Gasteiger partial charge on any atom is -0.493 e. The third-order valence-corrected chi connectivity index (χ3v) is 2.33. The Labute approximate surface area is 106 Å². The Morgan fingerprint density at radius 2 is 2.06 bits per heavy atom. The van der Waals surface area contributed by atoms with E-state index >= 15 is 0 Å². The van der Waals surface area contributed by atoms with Crippen molar-refractivity contribution in [3.63, 3.8) is 0 Å². The van der Waals surface area contributed by atoms with Gasteiger partial charge in [0, 0.05) is 11.6 Å². The maximum absolute atomic E-state index is 11.5. The van der Waals surface area contributed by atoms with Crippen LogP contribution in [0.3, 0.4) is 0 Å². The first kappa shape index (κ1) is 13.8. The topological polar surface area (TPSA) is 68.6 Å². The summed E-state index contributed by atoms with van der Waals surface area (Å²) in [5.74, 6) is 0.508. The highest BCUT2D eigenvalue weighted by atomic mass is 16.5. The zero-order chi connectivity index (χ0) is 13.5. The summed E-state index contributed by atoms with van der Waals surface area (Å²) in [6.07, 6.45) is 0.0445. The number of carbonyl (C=O) groups excluding carboxylic acids is 1. The molecule has 1 aromatic rings. The molecular weight excluding hydrogens is 234 g/mol. The van der Waals surface area contributed by atoms with Crippen LogP contribution in [0, 0.1) is 11.3 Å². The van der Waals surface area contributed by atoms with Gasteiger partial charge in [0.25, 0.3) is 0 Å². The molecule has 5 heteroatoms. The molecule has 0 aliphatic carbocycles. The monoisotopic (exact) mass is 249 g/mol. The van der Waals surface area contributed by atoms with Crippen LogP contribution in [-0.2, 0) is 16.0 Å². The van der Waals surface area contributed by atoms with Gasteiger partial charge in [-0.2, -0.15) is 5.26 Å². The fraction of sp³-hybridized carbons (Fsp3) is 0.385. The third kappa shape index (κ3) is 3.14. The minimum absolute atomic E-state index is 0.0445. The van der Waals surface area contributed by atoms with Crippen molar-refractivity contribution in [1.29, 1.82) is 5.26 Å². The number of nitriles is 1. The van der Waals surface area contributed by atoms with Crippen molar-refractivity contribution in [1.82, 2.24) is 0 Å². The first-order valence-electron chi connectivity index (χ1n) is 5.46. The fourth-order valence-electron chi connectivity index (χ4n) is 1.61. The van der Waals surface area contributed by atoms with Gasteiger partial charge in [0.15, 0.2) is 11.5 Å². The molecule has 0 atom stereocenters. The molecule has 0 aromatic heterocycles. The predicted molar refractivity (Wildman–Crippen MR) is 64.6 cm³/mol. The molecule has 0 radical (unpaired) electrons.